The smallest absolute Gasteiger partial charge is 0.172 e. The maximum atomic E-state index is 6.97. The van der Waals surface area contributed by atoms with Crippen molar-refractivity contribution in [2.24, 2.45) is 0 Å². The van der Waals surface area contributed by atoms with Crippen LogP contribution in [0.4, 0.5) is 17.1 Å². The first kappa shape index (κ1) is 33.7. The van der Waals surface area contributed by atoms with E-state index in [-0.39, 0.29) is 5.41 Å². The van der Waals surface area contributed by atoms with Crippen molar-refractivity contribution in [3.8, 4) is 56.4 Å². The van der Waals surface area contributed by atoms with E-state index in [0.717, 1.165) is 28.4 Å². The van der Waals surface area contributed by atoms with Gasteiger partial charge in [0.15, 0.2) is 23.0 Å². The van der Waals surface area contributed by atoms with Gasteiger partial charge in [-0.3, -0.25) is 0 Å². The van der Waals surface area contributed by atoms with E-state index in [2.05, 4.69) is 207 Å². The molecule has 0 aromatic heterocycles. The molecular formula is C56H39NO2. The average Bonchev–Trinajstić information content (AvgIpc) is 3.85. The summed E-state index contributed by atoms with van der Waals surface area (Å²) >= 11 is 0. The molecule has 280 valence electrons. The molecule has 1 aliphatic heterocycles. The number of benzene rings is 8. The molecule has 12 rings (SSSR count). The van der Waals surface area contributed by atoms with Crippen molar-refractivity contribution < 1.29 is 9.47 Å². The molecule has 0 saturated carbocycles. The van der Waals surface area contributed by atoms with Gasteiger partial charge in [-0.05, 0) is 135 Å². The predicted molar refractivity (Wildman–Crippen MR) is 240 cm³/mol. The summed E-state index contributed by atoms with van der Waals surface area (Å²) < 4.78 is 13.7. The number of ether oxygens (including phenoxy) is 2. The van der Waals surface area contributed by atoms with Crippen molar-refractivity contribution >= 4 is 17.1 Å². The Morgan fingerprint density at radius 1 is 0.441 bits per heavy atom. The standard InChI is InChI=1S/C56H39NO2/c1-4-16-35(2)55(3)45-23-12-8-21-41(45)43-31-37(27-29-46(43)55)57(36-17-6-5-7-18-36)38-28-30-51-52(32-38)59-54-34-50-44(33-53(54)58-51)42-22-11-15-26-49(42)56(50)47-24-13-9-19-39(47)40-20-10-14-25-48(40)56/h4-34H,2H2,1,3H3/b16-4-. The Morgan fingerprint density at radius 3 is 1.58 bits per heavy atom. The number of fused-ring (bicyclic) bond motifs is 15. The zero-order valence-corrected chi connectivity index (χ0v) is 32.9. The first-order chi connectivity index (χ1) is 29.0. The SMILES string of the molecule is C=C(/C=C\C)C1(C)c2ccccc2-c2cc(N(c3ccccc3)c3ccc4c(c3)Oc3cc5c(cc3O4)-c3ccccc3C53c4ccccc4-c4ccccc43)ccc21. The third kappa shape index (κ3) is 4.47. The largest absolute Gasteiger partial charge is 0.449 e. The molecule has 0 amide bonds. The van der Waals surface area contributed by atoms with Gasteiger partial charge in [0.25, 0.3) is 0 Å². The maximum Gasteiger partial charge on any atom is 0.172 e. The van der Waals surface area contributed by atoms with Gasteiger partial charge in [0, 0.05) is 22.9 Å². The minimum atomic E-state index is -0.467. The third-order valence-electron chi connectivity index (χ3n) is 13.3. The third-order valence-corrected chi connectivity index (χ3v) is 13.3. The van der Waals surface area contributed by atoms with Crippen molar-refractivity contribution in [2.75, 3.05) is 4.90 Å². The molecule has 0 N–H and O–H groups in total. The van der Waals surface area contributed by atoms with E-state index >= 15 is 0 Å². The molecular weight excluding hydrogens is 719 g/mol. The Kier molecular flexibility index (Phi) is 7.05. The van der Waals surface area contributed by atoms with Crippen LogP contribution >= 0.6 is 0 Å². The molecule has 59 heavy (non-hydrogen) atoms. The second-order valence-electron chi connectivity index (χ2n) is 16.2. The van der Waals surface area contributed by atoms with E-state index in [0.29, 0.717) is 17.2 Å². The fourth-order valence-electron chi connectivity index (χ4n) is 10.7. The molecule has 4 aliphatic rings. The Hall–Kier alpha value is -7.36. The second-order valence-corrected chi connectivity index (χ2v) is 16.2. The van der Waals surface area contributed by atoms with Crippen LogP contribution < -0.4 is 14.4 Å². The number of para-hydroxylation sites is 1. The molecule has 3 aliphatic carbocycles. The molecule has 8 aromatic rings. The Labute approximate surface area is 344 Å². The average molecular weight is 758 g/mol. The number of hydrogen-bond donors (Lipinski definition) is 0. The fourth-order valence-corrected chi connectivity index (χ4v) is 10.7. The zero-order valence-electron chi connectivity index (χ0n) is 32.9. The highest BCUT2D eigenvalue weighted by molar-refractivity contribution is 5.96. The van der Waals surface area contributed by atoms with Gasteiger partial charge in [-0.2, -0.15) is 0 Å². The Bertz CT molecular complexity index is 3070. The van der Waals surface area contributed by atoms with Crippen molar-refractivity contribution in [3.63, 3.8) is 0 Å². The highest BCUT2D eigenvalue weighted by Gasteiger charge is 2.52. The van der Waals surface area contributed by atoms with Crippen molar-refractivity contribution in [3.05, 3.63) is 234 Å². The minimum absolute atomic E-state index is 0.332. The first-order valence-electron chi connectivity index (χ1n) is 20.4. The molecule has 1 atom stereocenters. The van der Waals surface area contributed by atoms with Crippen LogP contribution in [0.15, 0.2) is 200 Å². The van der Waals surface area contributed by atoms with Crippen LogP contribution in [0.25, 0.3) is 33.4 Å². The van der Waals surface area contributed by atoms with Crippen molar-refractivity contribution in [1.29, 1.82) is 0 Å². The lowest BCUT2D eigenvalue weighted by atomic mass is 9.70. The van der Waals surface area contributed by atoms with E-state index < -0.39 is 5.41 Å². The molecule has 8 aromatic carbocycles. The van der Waals surface area contributed by atoms with Crippen LogP contribution in [0.5, 0.6) is 23.0 Å². The molecule has 3 heteroatoms. The lowest BCUT2D eigenvalue weighted by molar-refractivity contribution is 0.359. The van der Waals surface area contributed by atoms with Gasteiger partial charge in [0.05, 0.1) is 11.1 Å². The van der Waals surface area contributed by atoms with Crippen LogP contribution in [0.2, 0.25) is 0 Å². The van der Waals surface area contributed by atoms with E-state index in [1.54, 1.807) is 0 Å². The second kappa shape index (κ2) is 12.3. The summed E-state index contributed by atoms with van der Waals surface area (Å²) in [5.74, 6) is 2.79. The quantitative estimate of drug-likeness (QED) is 0.163. The molecule has 0 fully saturated rings. The van der Waals surface area contributed by atoms with Gasteiger partial charge >= 0.3 is 0 Å². The van der Waals surface area contributed by atoms with Gasteiger partial charge in [-0.15, -0.1) is 0 Å². The minimum Gasteiger partial charge on any atom is -0.449 e. The fraction of sp³-hybridized carbons (Fsp3) is 0.0714. The van der Waals surface area contributed by atoms with Gasteiger partial charge in [-0.1, -0.05) is 140 Å². The topological polar surface area (TPSA) is 21.7 Å². The summed E-state index contributed by atoms with van der Waals surface area (Å²) in [5.41, 5.74) is 18.4. The lowest BCUT2D eigenvalue weighted by Gasteiger charge is -2.31. The summed E-state index contributed by atoms with van der Waals surface area (Å²) in [6.07, 6.45) is 4.22. The maximum absolute atomic E-state index is 6.97. The number of nitrogens with zero attached hydrogens (tertiary/aromatic N) is 1. The van der Waals surface area contributed by atoms with Gasteiger partial charge in [0.2, 0.25) is 0 Å². The van der Waals surface area contributed by atoms with Crippen LogP contribution in [0.1, 0.15) is 47.2 Å². The molecule has 0 bridgehead atoms. The summed E-state index contributed by atoms with van der Waals surface area (Å²) in [6.45, 7) is 8.91. The normalized spacial score (nSPS) is 16.4. The summed E-state index contributed by atoms with van der Waals surface area (Å²) in [5, 5.41) is 0. The van der Waals surface area contributed by atoms with Gasteiger partial charge in [0.1, 0.15) is 0 Å². The zero-order chi connectivity index (χ0) is 39.5. The molecule has 0 saturated heterocycles. The molecule has 1 spiro atoms. The highest BCUT2D eigenvalue weighted by atomic mass is 16.6. The van der Waals surface area contributed by atoms with E-state index in [4.69, 9.17) is 9.47 Å². The molecule has 1 unspecified atom stereocenters. The number of rotatable bonds is 5. The monoisotopic (exact) mass is 757 g/mol. The number of anilines is 3. The van der Waals surface area contributed by atoms with Gasteiger partial charge < -0.3 is 14.4 Å². The van der Waals surface area contributed by atoms with Crippen molar-refractivity contribution in [2.45, 2.75) is 24.7 Å². The molecule has 0 radical (unpaired) electrons. The Morgan fingerprint density at radius 2 is 0.915 bits per heavy atom. The van der Waals surface area contributed by atoms with Crippen molar-refractivity contribution in [1.82, 2.24) is 0 Å². The summed E-state index contributed by atoms with van der Waals surface area (Å²) in [6, 6.07) is 63.5. The van der Waals surface area contributed by atoms with E-state index in [9.17, 15) is 0 Å². The first-order valence-corrected chi connectivity index (χ1v) is 20.4. The number of allylic oxidation sites excluding steroid dienone is 3. The van der Waals surface area contributed by atoms with E-state index in [1.165, 1.54) is 66.8 Å². The van der Waals surface area contributed by atoms with Crippen LogP contribution in [-0.4, -0.2) is 0 Å². The lowest BCUT2D eigenvalue weighted by Crippen LogP contribution is -2.25. The predicted octanol–water partition coefficient (Wildman–Crippen LogP) is 14.8. The highest BCUT2D eigenvalue weighted by Crippen LogP contribution is 2.65. The summed E-state index contributed by atoms with van der Waals surface area (Å²) in [7, 11) is 0. The molecule has 3 nitrogen and oxygen atoms in total. The summed E-state index contributed by atoms with van der Waals surface area (Å²) in [4.78, 5) is 2.30. The molecule has 1 heterocycles. The van der Waals surface area contributed by atoms with E-state index in [1.807, 2.05) is 6.07 Å². The van der Waals surface area contributed by atoms with Crippen LogP contribution in [0.3, 0.4) is 0 Å². The van der Waals surface area contributed by atoms with Crippen LogP contribution in [-0.2, 0) is 10.8 Å². The number of hydrogen-bond acceptors (Lipinski definition) is 3. The van der Waals surface area contributed by atoms with Crippen LogP contribution in [0, 0.1) is 0 Å². The van der Waals surface area contributed by atoms with Gasteiger partial charge in [-0.25, -0.2) is 0 Å². The Balaban J connectivity index is 0.989.